The topological polar surface area (TPSA) is 61.2 Å². The maximum absolute atomic E-state index is 12.9. The number of hydrogen-bond acceptors (Lipinski definition) is 3. The first-order chi connectivity index (χ1) is 9.66. The number of halogens is 3. The first-order valence-corrected chi connectivity index (χ1v) is 7.64. The van der Waals surface area contributed by atoms with Gasteiger partial charge in [0, 0.05) is 19.5 Å². The number of sulfonamides is 1. The SMILES string of the molecule is CCN(CCC#N)S(=O)(=O)c1cccc(C(F)(F)F)c1C. The Kier molecular flexibility index (Phi) is 5.36. The third kappa shape index (κ3) is 3.74. The largest absolute Gasteiger partial charge is 0.416 e. The average Bonchev–Trinajstić information content (AvgIpc) is 2.38. The minimum atomic E-state index is -4.61. The van der Waals surface area contributed by atoms with Gasteiger partial charge in [0.2, 0.25) is 10.0 Å². The molecule has 0 aliphatic carbocycles. The monoisotopic (exact) mass is 320 g/mol. The van der Waals surface area contributed by atoms with E-state index in [2.05, 4.69) is 0 Å². The minimum absolute atomic E-state index is 0.0227. The van der Waals surface area contributed by atoms with Crippen molar-refractivity contribution < 1.29 is 21.6 Å². The third-order valence-electron chi connectivity index (χ3n) is 3.03. The summed E-state index contributed by atoms with van der Waals surface area (Å²) >= 11 is 0. The lowest BCUT2D eigenvalue weighted by Crippen LogP contribution is -2.32. The van der Waals surface area contributed by atoms with Crippen LogP contribution in [-0.2, 0) is 16.2 Å². The zero-order chi connectivity index (χ0) is 16.3. The molecule has 0 saturated heterocycles. The molecule has 0 saturated carbocycles. The van der Waals surface area contributed by atoms with Crippen LogP contribution < -0.4 is 0 Å². The van der Waals surface area contributed by atoms with Crippen LogP contribution in [0.4, 0.5) is 13.2 Å². The molecule has 116 valence electrons. The van der Waals surface area contributed by atoms with Crippen LogP contribution >= 0.6 is 0 Å². The van der Waals surface area contributed by atoms with Crippen LogP contribution in [0.25, 0.3) is 0 Å². The smallest absolute Gasteiger partial charge is 0.207 e. The molecule has 0 radical (unpaired) electrons. The van der Waals surface area contributed by atoms with Crippen molar-refractivity contribution in [1.82, 2.24) is 4.31 Å². The Morgan fingerprint density at radius 1 is 1.33 bits per heavy atom. The van der Waals surface area contributed by atoms with Gasteiger partial charge in [-0.1, -0.05) is 13.0 Å². The Balaban J connectivity index is 3.36. The molecule has 0 aromatic heterocycles. The van der Waals surface area contributed by atoms with Gasteiger partial charge in [-0.3, -0.25) is 0 Å². The van der Waals surface area contributed by atoms with Gasteiger partial charge in [-0.2, -0.15) is 22.7 Å². The molecule has 0 fully saturated rings. The fraction of sp³-hybridized carbons (Fsp3) is 0.462. The van der Waals surface area contributed by atoms with Crippen molar-refractivity contribution >= 4 is 10.0 Å². The van der Waals surface area contributed by atoms with Gasteiger partial charge in [0.15, 0.2) is 0 Å². The highest BCUT2D eigenvalue weighted by molar-refractivity contribution is 7.89. The molecule has 0 spiro atoms. The second-order valence-electron chi connectivity index (χ2n) is 4.33. The molecule has 1 aromatic rings. The maximum atomic E-state index is 12.9. The summed E-state index contributed by atoms with van der Waals surface area (Å²) in [6.45, 7) is 2.73. The van der Waals surface area contributed by atoms with Crippen LogP contribution in [-0.4, -0.2) is 25.8 Å². The van der Waals surface area contributed by atoms with E-state index in [1.807, 2.05) is 6.07 Å². The molecular formula is C13H15F3N2O2S. The van der Waals surface area contributed by atoms with Gasteiger partial charge >= 0.3 is 6.18 Å². The predicted octanol–water partition coefficient (Wildman–Crippen LogP) is 2.94. The number of nitriles is 1. The fourth-order valence-corrected chi connectivity index (χ4v) is 3.66. The molecule has 4 nitrogen and oxygen atoms in total. The molecule has 1 aromatic carbocycles. The van der Waals surface area contributed by atoms with Crippen LogP contribution in [0.2, 0.25) is 0 Å². The van der Waals surface area contributed by atoms with Crippen LogP contribution in [0.1, 0.15) is 24.5 Å². The normalized spacial score (nSPS) is 12.4. The van der Waals surface area contributed by atoms with Crippen LogP contribution in [0.5, 0.6) is 0 Å². The Bertz CT molecular complexity index is 648. The van der Waals surface area contributed by atoms with Crippen LogP contribution in [0, 0.1) is 18.3 Å². The molecule has 0 N–H and O–H groups in total. The summed E-state index contributed by atoms with van der Waals surface area (Å²) in [5.41, 5.74) is -1.31. The molecule has 0 amide bonds. The Hall–Kier alpha value is -1.59. The molecule has 0 unspecified atom stereocenters. The van der Waals surface area contributed by atoms with Gasteiger partial charge in [-0.25, -0.2) is 8.42 Å². The summed E-state index contributed by atoms with van der Waals surface area (Å²) in [6.07, 6.45) is -4.63. The Morgan fingerprint density at radius 2 is 1.95 bits per heavy atom. The standard InChI is InChI=1S/C13H15F3N2O2S/c1-3-18(9-5-8-17)21(19,20)12-7-4-6-11(10(12)2)13(14,15)16/h4,6-7H,3,5,9H2,1-2H3. The number of benzene rings is 1. The average molecular weight is 320 g/mol. The van der Waals surface area contributed by atoms with Gasteiger partial charge in [0.05, 0.1) is 16.5 Å². The van der Waals surface area contributed by atoms with Crippen LogP contribution in [0.15, 0.2) is 23.1 Å². The van der Waals surface area contributed by atoms with Crippen molar-refractivity contribution in [2.45, 2.75) is 31.3 Å². The Labute approximate surface area is 121 Å². The van der Waals surface area contributed by atoms with E-state index in [0.29, 0.717) is 0 Å². The number of hydrogen-bond donors (Lipinski definition) is 0. The second-order valence-corrected chi connectivity index (χ2v) is 6.24. The summed E-state index contributed by atoms with van der Waals surface area (Å²) in [5.74, 6) is 0. The van der Waals surface area contributed by atoms with Gasteiger partial charge in [0.25, 0.3) is 0 Å². The van der Waals surface area contributed by atoms with E-state index in [0.717, 1.165) is 29.4 Å². The van der Waals surface area contributed by atoms with Gasteiger partial charge in [-0.15, -0.1) is 0 Å². The van der Waals surface area contributed by atoms with Crippen molar-refractivity contribution in [2.24, 2.45) is 0 Å². The summed E-state index contributed by atoms with van der Waals surface area (Å²) in [6, 6.07) is 4.89. The quantitative estimate of drug-likeness (QED) is 0.838. The zero-order valence-corrected chi connectivity index (χ0v) is 12.4. The number of rotatable bonds is 5. The number of alkyl halides is 3. The predicted molar refractivity (Wildman–Crippen MR) is 70.8 cm³/mol. The molecule has 21 heavy (non-hydrogen) atoms. The Morgan fingerprint density at radius 3 is 2.43 bits per heavy atom. The molecule has 8 heteroatoms. The molecular weight excluding hydrogens is 305 g/mol. The summed E-state index contributed by atoms with van der Waals surface area (Å²) in [7, 11) is -4.05. The minimum Gasteiger partial charge on any atom is -0.207 e. The lowest BCUT2D eigenvalue weighted by molar-refractivity contribution is -0.138. The van der Waals surface area contributed by atoms with E-state index in [-0.39, 0.29) is 30.0 Å². The van der Waals surface area contributed by atoms with Gasteiger partial charge in [-0.05, 0) is 24.6 Å². The van der Waals surface area contributed by atoms with Crippen molar-refractivity contribution in [3.63, 3.8) is 0 Å². The molecule has 0 heterocycles. The summed E-state index contributed by atoms with van der Waals surface area (Å²) in [5, 5.41) is 8.53. The lowest BCUT2D eigenvalue weighted by Gasteiger charge is -2.21. The molecule has 0 bridgehead atoms. The van der Waals surface area contributed by atoms with Crippen molar-refractivity contribution in [3.05, 3.63) is 29.3 Å². The second kappa shape index (κ2) is 6.45. The zero-order valence-electron chi connectivity index (χ0n) is 11.6. The van der Waals surface area contributed by atoms with Crippen molar-refractivity contribution in [3.8, 4) is 6.07 Å². The van der Waals surface area contributed by atoms with Crippen LogP contribution in [0.3, 0.4) is 0 Å². The van der Waals surface area contributed by atoms with Crippen molar-refractivity contribution in [1.29, 1.82) is 5.26 Å². The molecule has 0 aliphatic rings. The fourth-order valence-electron chi connectivity index (χ4n) is 1.96. The summed E-state index contributed by atoms with van der Waals surface area (Å²) in [4.78, 5) is -0.378. The summed E-state index contributed by atoms with van der Waals surface area (Å²) < 4.78 is 64.4. The van der Waals surface area contributed by atoms with E-state index in [4.69, 9.17) is 5.26 Å². The lowest BCUT2D eigenvalue weighted by atomic mass is 10.1. The first-order valence-electron chi connectivity index (χ1n) is 6.20. The van der Waals surface area contributed by atoms with E-state index < -0.39 is 21.8 Å². The first kappa shape index (κ1) is 17.5. The highest BCUT2D eigenvalue weighted by Gasteiger charge is 2.35. The van der Waals surface area contributed by atoms with E-state index in [9.17, 15) is 21.6 Å². The van der Waals surface area contributed by atoms with Gasteiger partial charge in [0.1, 0.15) is 0 Å². The molecule has 0 aliphatic heterocycles. The highest BCUT2D eigenvalue weighted by atomic mass is 32.2. The third-order valence-corrected chi connectivity index (χ3v) is 5.15. The van der Waals surface area contributed by atoms with E-state index >= 15 is 0 Å². The van der Waals surface area contributed by atoms with E-state index in [1.165, 1.54) is 0 Å². The molecule has 1 rings (SSSR count). The van der Waals surface area contributed by atoms with E-state index in [1.54, 1.807) is 6.92 Å². The van der Waals surface area contributed by atoms with Crippen molar-refractivity contribution in [2.75, 3.05) is 13.1 Å². The van der Waals surface area contributed by atoms with Gasteiger partial charge < -0.3 is 0 Å². The number of nitrogens with zero attached hydrogens (tertiary/aromatic N) is 2. The highest BCUT2D eigenvalue weighted by Crippen LogP contribution is 2.34. The maximum Gasteiger partial charge on any atom is 0.416 e. The molecule has 0 atom stereocenters.